The molecule has 1 fully saturated rings. The van der Waals surface area contributed by atoms with Crippen LogP contribution in [-0.2, 0) is 6.42 Å². The Kier molecular flexibility index (Phi) is 7.45. The summed E-state index contributed by atoms with van der Waals surface area (Å²) in [5, 5.41) is 1.74. The van der Waals surface area contributed by atoms with E-state index in [2.05, 4.69) is 36.4 Å². The molecule has 2 heterocycles. The Morgan fingerprint density at radius 3 is 2.64 bits per heavy atom. The van der Waals surface area contributed by atoms with Gasteiger partial charge in [-0.25, -0.2) is 4.98 Å². The highest BCUT2D eigenvalue weighted by atomic mass is 35.5. The van der Waals surface area contributed by atoms with E-state index in [9.17, 15) is 4.79 Å². The van der Waals surface area contributed by atoms with Crippen molar-refractivity contribution in [2.45, 2.75) is 31.7 Å². The molecule has 0 aliphatic carbocycles. The summed E-state index contributed by atoms with van der Waals surface area (Å²) in [5.74, 6) is 0.147. The molecule has 36 heavy (non-hydrogen) atoms. The third kappa shape index (κ3) is 5.67. The first-order valence-electron chi connectivity index (χ1n) is 12.5. The first-order chi connectivity index (χ1) is 17.6. The number of pyridine rings is 1. The molecule has 4 nitrogen and oxygen atoms in total. The molecule has 0 spiro atoms. The van der Waals surface area contributed by atoms with Gasteiger partial charge < -0.3 is 10.6 Å². The Balaban J connectivity index is 1.26. The number of carbonyl (C=O) groups is 1. The van der Waals surface area contributed by atoms with E-state index in [1.165, 1.54) is 0 Å². The van der Waals surface area contributed by atoms with E-state index in [1.54, 1.807) is 0 Å². The number of fused-ring (bicyclic) bond motifs is 1. The lowest BCUT2D eigenvalue weighted by molar-refractivity contribution is 0.0791. The number of hydrogen-bond acceptors (Lipinski definition) is 3. The number of amides is 1. The SMILES string of the molecule is NC(CCc1ccccc1C(=O)N1CCCC1)c1cccc(/C=C/c2ccc3ccc(Cl)cc3n2)c1. The second kappa shape index (κ2) is 11.1. The van der Waals surface area contributed by atoms with Crippen LogP contribution in [0.25, 0.3) is 23.1 Å². The smallest absolute Gasteiger partial charge is 0.254 e. The Bertz CT molecular complexity index is 1410. The summed E-state index contributed by atoms with van der Waals surface area (Å²) in [4.78, 5) is 19.6. The van der Waals surface area contributed by atoms with Gasteiger partial charge in [0.2, 0.25) is 0 Å². The molecule has 1 unspecified atom stereocenters. The Morgan fingerprint density at radius 1 is 0.972 bits per heavy atom. The number of benzene rings is 3. The van der Waals surface area contributed by atoms with Crippen LogP contribution in [0.4, 0.5) is 0 Å². The van der Waals surface area contributed by atoms with Gasteiger partial charge in [0.05, 0.1) is 11.2 Å². The van der Waals surface area contributed by atoms with E-state index in [0.717, 1.165) is 77.6 Å². The van der Waals surface area contributed by atoms with Gasteiger partial charge in [-0.05, 0) is 72.7 Å². The van der Waals surface area contributed by atoms with Crippen molar-refractivity contribution in [1.82, 2.24) is 9.88 Å². The van der Waals surface area contributed by atoms with Crippen LogP contribution in [0.15, 0.2) is 78.9 Å². The monoisotopic (exact) mass is 495 g/mol. The molecule has 5 rings (SSSR count). The molecule has 5 heteroatoms. The standard InChI is InChI=1S/C31H30ClN3O/c32-26-14-11-24-12-16-27(34-30(24)21-26)15-10-22-6-5-8-25(20-22)29(33)17-13-23-7-1-2-9-28(23)31(36)35-18-3-4-19-35/h1-2,5-12,14-16,20-21,29H,3-4,13,17-19,33H2/b15-10+. The quantitative estimate of drug-likeness (QED) is 0.302. The number of halogens is 1. The fourth-order valence-corrected chi connectivity index (χ4v) is 4.96. The van der Waals surface area contributed by atoms with Crippen molar-refractivity contribution in [1.29, 1.82) is 0 Å². The molecular weight excluding hydrogens is 466 g/mol. The third-order valence-corrected chi connectivity index (χ3v) is 7.06. The van der Waals surface area contributed by atoms with Crippen LogP contribution >= 0.6 is 11.6 Å². The molecule has 0 saturated carbocycles. The average molecular weight is 496 g/mol. The van der Waals surface area contributed by atoms with Crippen molar-refractivity contribution in [2.24, 2.45) is 5.73 Å². The molecule has 182 valence electrons. The van der Waals surface area contributed by atoms with Gasteiger partial charge in [-0.2, -0.15) is 0 Å². The maximum Gasteiger partial charge on any atom is 0.254 e. The fourth-order valence-electron chi connectivity index (χ4n) is 4.79. The Hall–Kier alpha value is -3.47. The lowest BCUT2D eigenvalue weighted by atomic mass is 9.95. The van der Waals surface area contributed by atoms with Crippen molar-refractivity contribution in [2.75, 3.05) is 13.1 Å². The van der Waals surface area contributed by atoms with Crippen molar-refractivity contribution in [3.05, 3.63) is 112 Å². The molecule has 2 N–H and O–H groups in total. The predicted octanol–water partition coefficient (Wildman–Crippen LogP) is 6.93. The molecular formula is C31H30ClN3O. The zero-order chi connectivity index (χ0) is 24.9. The molecule has 0 radical (unpaired) electrons. The van der Waals surface area contributed by atoms with Gasteiger partial charge in [0, 0.05) is 35.1 Å². The first kappa shape index (κ1) is 24.2. The summed E-state index contributed by atoms with van der Waals surface area (Å²) in [6.45, 7) is 1.71. The van der Waals surface area contributed by atoms with E-state index >= 15 is 0 Å². The predicted molar refractivity (Wildman–Crippen MR) is 149 cm³/mol. The molecule has 3 aromatic carbocycles. The minimum Gasteiger partial charge on any atom is -0.339 e. The van der Waals surface area contributed by atoms with Gasteiger partial charge in [0.25, 0.3) is 5.91 Å². The fraction of sp³-hybridized carbons (Fsp3) is 0.226. The molecule has 4 aromatic rings. The number of aromatic nitrogens is 1. The zero-order valence-corrected chi connectivity index (χ0v) is 21.0. The molecule has 0 bridgehead atoms. The van der Waals surface area contributed by atoms with Crippen LogP contribution in [-0.4, -0.2) is 28.9 Å². The van der Waals surface area contributed by atoms with Gasteiger partial charge in [0.15, 0.2) is 0 Å². The molecule has 1 atom stereocenters. The highest BCUT2D eigenvalue weighted by Crippen LogP contribution is 2.23. The maximum absolute atomic E-state index is 13.0. The molecule has 1 saturated heterocycles. The summed E-state index contributed by atoms with van der Waals surface area (Å²) in [7, 11) is 0. The topological polar surface area (TPSA) is 59.2 Å². The molecule has 1 aliphatic rings. The molecule has 1 aromatic heterocycles. The van der Waals surface area contributed by atoms with Crippen LogP contribution in [0.1, 0.15) is 58.0 Å². The number of hydrogen-bond donors (Lipinski definition) is 1. The van der Waals surface area contributed by atoms with Gasteiger partial charge in [0.1, 0.15) is 0 Å². The summed E-state index contributed by atoms with van der Waals surface area (Å²) < 4.78 is 0. The third-order valence-electron chi connectivity index (χ3n) is 6.83. The van der Waals surface area contributed by atoms with Crippen molar-refractivity contribution >= 4 is 40.6 Å². The van der Waals surface area contributed by atoms with Crippen molar-refractivity contribution in [3.63, 3.8) is 0 Å². The summed E-state index contributed by atoms with van der Waals surface area (Å²) in [6.07, 6.45) is 7.78. The molecule has 1 amide bonds. The largest absolute Gasteiger partial charge is 0.339 e. The van der Waals surface area contributed by atoms with Crippen LogP contribution in [0.5, 0.6) is 0 Å². The Morgan fingerprint density at radius 2 is 1.78 bits per heavy atom. The number of aryl methyl sites for hydroxylation is 1. The lowest BCUT2D eigenvalue weighted by Crippen LogP contribution is -2.28. The number of nitrogens with zero attached hydrogens (tertiary/aromatic N) is 2. The van der Waals surface area contributed by atoms with Crippen LogP contribution in [0.2, 0.25) is 5.02 Å². The van der Waals surface area contributed by atoms with E-state index in [1.807, 2.05) is 59.5 Å². The number of rotatable bonds is 7. The highest BCUT2D eigenvalue weighted by molar-refractivity contribution is 6.31. The minimum absolute atomic E-state index is 0.116. The second-order valence-electron chi connectivity index (χ2n) is 9.38. The van der Waals surface area contributed by atoms with E-state index in [4.69, 9.17) is 22.3 Å². The summed E-state index contributed by atoms with van der Waals surface area (Å²) in [5.41, 5.74) is 12.4. The molecule has 1 aliphatic heterocycles. The van der Waals surface area contributed by atoms with Crippen LogP contribution in [0, 0.1) is 0 Å². The van der Waals surface area contributed by atoms with Crippen LogP contribution in [0.3, 0.4) is 0 Å². The van der Waals surface area contributed by atoms with Gasteiger partial charge in [-0.3, -0.25) is 4.79 Å². The maximum atomic E-state index is 13.0. The van der Waals surface area contributed by atoms with Gasteiger partial charge >= 0.3 is 0 Å². The highest BCUT2D eigenvalue weighted by Gasteiger charge is 2.21. The second-order valence-corrected chi connectivity index (χ2v) is 9.81. The lowest BCUT2D eigenvalue weighted by Gasteiger charge is -2.19. The normalized spacial score (nSPS) is 14.6. The van der Waals surface area contributed by atoms with Crippen molar-refractivity contribution < 1.29 is 4.79 Å². The summed E-state index contributed by atoms with van der Waals surface area (Å²) >= 11 is 6.12. The van der Waals surface area contributed by atoms with Gasteiger partial charge in [-0.15, -0.1) is 0 Å². The van der Waals surface area contributed by atoms with Crippen LogP contribution < -0.4 is 5.73 Å². The van der Waals surface area contributed by atoms with E-state index in [-0.39, 0.29) is 11.9 Å². The number of likely N-dealkylation sites (tertiary alicyclic amines) is 1. The van der Waals surface area contributed by atoms with Gasteiger partial charge in [-0.1, -0.05) is 72.3 Å². The van der Waals surface area contributed by atoms with E-state index < -0.39 is 0 Å². The number of carbonyl (C=O) groups excluding carboxylic acids is 1. The van der Waals surface area contributed by atoms with Crippen molar-refractivity contribution in [3.8, 4) is 0 Å². The Labute approximate surface area is 217 Å². The minimum atomic E-state index is -0.116. The van der Waals surface area contributed by atoms with E-state index in [0.29, 0.717) is 5.02 Å². The zero-order valence-electron chi connectivity index (χ0n) is 20.2. The summed E-state index contributed by atoms with van der Waals surface area (Å²) in [6, 6.07) is 25.9. The number of nitrogens with two attached hydrogens (primary N) is 1. The average Bonchev–Trinajstić information content (AvgIpc) is 3.45. The first-order valence-corrected chi connectivity index (χ1v) is 12.9.